The molecule has 0 radical (unpaired) electrons. The van der Waals surface area contributed by atoms with Gasteiger partial charge in [-0.2, -0.15) is 0 Å². The molecule has 0 unspecified atom stereocenters. The zero-order chi connectivity index (χ0) is 14.7. The number of hydrogen-bond acceptors (Lipinski definition) is 4. The number of benzene rings is 1. The van der Waals surface area contributed by atoms with Crippen LogP contribution in [-0.2, 0) is 0 Å². The molecule has 2 heterocycles. The van der Waals surface area contributed by atoms with Gasteiger partial charge in [-0.05, 0) is 30.3 Å². The number of pyridine rings is 1. The van der Waals surface area contributed by atoms with Crippen molar-refractivity contribution in [3.8, 4) is 5.82 Å². The van der Waals surface area contributed by atoms with E-state index in [4.69, 9.17) is 11.6 Å². The number of halogens is 1. The first-order valence-corrected chi connectivity index (χ1v) is 6.48. The first kappa shape index (κ1) is 13.3. The fourth-order valence-corrected chi connectivity index (χ4v) is 1.98. The second-order valence-corrected chi connectivity index (χ2v) is 4.67. The van der Waals surface area contributed by atoms with Gasteiger partial charge in [-0.1, -0.05) is 17.7 Å². The number of amides is 1. The molecule has 0 saturated heterocycles. The van der Waals surface area contributed by atoms with Crippen molar-refractivity contribution in [1.82, 2.24) is 19.7 Å². The van der Waals surface area contributed by atoms with Crippen LogP contribution in [0.15, 0.2) is 55.2 Å². The Labute approximate surface area is 125 Å². The van der Waals surface area contributed by atoms with Gasteiger partial charge in [0.05, 0.1) is 0 Å². The second kappa shape index (κ2) is 5.72. The maximum atomic E-state index is 12.2. The van der Waals surface area contributed by atoms with Crippen molar-refractivity contribution < 1.29 is 4.79 Å². The summed E-state index contributed by atoms with van der Waals surface area (Å²) < 4.78 is 1.62. The molecule has 21 heavy (non-hydrogen) atoms. The minimum atomic E-state index is -0.242. The molecular formula is C14H10ClN5O. The zero-order valence-corrected chi connectivity index (χ0v) is 11.5. The van der Waals surface area contributed by atoms with Crippen LogP contribution in [0.1, 0.15) is 10.4 Å². The molecule has 3 aromatic rings. The van der Waals surface area contributed by atoms with Gasteiger partial charge >= 0.3 is 0 Å². The molecule has 0 fully saturated rings. The van der Waals surface area contributed by atoms with Gasteiger partial charge in [0.25, 0.3) is 5.91 Å². The number of nitrogens with one attached hydrogen (secondary N) is 1. The number of hydrogen-bond donors (Lipinski definition) is 1. The molecule has 1 N–H and O–H groups in total. The summed E-state index contributed by atoms with van der Waals surface area (Å²) in [6, 6.07) is 10.3. The predicted molar refractivity (Wildman–Crippen MR) is 78.6 cm³/mol. The van der Waals surface area contributed by atoms with Gasteiger partial charge in [0.2, 0.25) is 0 Å². The fourth-order valence-electron chi connectivity index (χ4n) is 1.79. The van der Waals surface area contributed by atoms with Crippen molar-refractivity contribution in [1.29, 1.82) is 0 Å². The third kappa shape index (κ3) is 3.06. The van der Waals surface area contributed by atoms with Crippen LogP contribution in [0.3, 0.4) is 0 Å². The van der Waals surface area contributed by atoms with Gasteiger partial charge in [0, 0.05) is 22.5 Å². The van der Waals surface area contributed by atoms with Crippen molar-refractivity contribution in [2.75, 3.05) is 5.32 Å². The summed E-state index contributed by atoms with van der Waals surface area (Å²) in [6.45, 7) is 0. The molecule has 0 aliphatic heterocycles. The Balaban J connectivity index is 1.83. The summed E-state index contributed by atoms with van der Waals surface area (Å²) >= 11 is 5.89. The topological polar surface area (TPSA) is 72.7 Å². The summed E-state index contributed by atoms with van der Waals surface area (Å²) in [5, 5.41) is 10.8. The minimum Gasteiger partial charge on any atom is -0.322 e. The van der Waals surface area contributed by atoms with Crippen molar-refractivity contribution in [2.45, 2.75) is 0 Å². The highest BCUT2D eigenvalue weighted by Gasteiger charge is 2.08. The molecular weight excluding hydrogens is 290 g/mol. The normalized spacial score (nSPS) is 10.3. The quantitative estimate of drug-likeness (QED) is 0.806. The zero-order valence-electron chi connectivity index (χ0n) is 10.8. The Morgan fingerprint density at radius 2 is 1.95 bits per heavy atom. The van der Waals surface area contributed by atoms with Crippen molar-refractivity contribution in [3.05, 3.63) is 65.8 Å². The molecule has 1 aromatic carbocycles. The summed E-state index contributed by atoms with van der Waals surface area (Å²) in [5.41, 5.74) is 1.11. The van der Waals surface area contributed by atoms with Gasteiger partial charge < -0.3 is 5.32 Å². The lowest BCUT2D eigenvalue weighted by Gasteiger charge is -2.07. The van der Waals surface area contributed by atoms with E-state index in [0.29, 0.717) is 22.1 Å². The lowest BCUT2D eigenvalue weighted by atomic mass is 10.2. The van der Waals surface area contributed by atoms with E-state index in [0.717, 1.165) is 0 Å². The van der Waals surface area contributed by atoms with E-state index in [1.165, 1.54) is 12.7 Å². The highest BCUT2D eigenvalue weighted by atomic mass is 35.5. The van der Waals surface area contributed by atoms with E-state index in [-0.39, 0.29) is 5.91 Å². The van der Waals surface area contributed by atoms with Gasteiger partial charge in [-0.25, -0.2) is 4.98 Å². The van der Waals surface area contributed by atoms with Crippen LogP contribution >= 0.6 is 11.6 Å². The number of nitrogens with zero attached hydrogens (tertiary/aromatic N) is 4. The molecule has 0 spiro atoms. The maximum Gasteiger partial charge on any atom is 0.255 e. The van der Waals surface area contributed by atoms with E-state index in [9.17, 15) is 4.79 Å². The number of carbonyl (C=O) groups is 1. The third-order valence-corrected chi connectivity index (χ3v) is 3.01. The minimum absolute atomic E-state index is 0.242. The lowest BCUT2D eigenvalue weighted by molar-refractivity contribution is 0.102. The predicted octanol–water partition coefficient (Wildman–Crippen LogP) is 2.57. The van der Waals surface area contributed by atoms with Gasteiger partial charge in [-0.15, -0.1) is 10.2 Å². The number of aromatic nitrogens is 4. The Bertz CT molecular complexity index is 773. The van der Waals surface area contributed by atoms with Crippen LogP contribution in [-0.4, -0.2) is 25.7 Å². The molecule has 104 valence electrons. The van der Waals surface area contributed by atoms with E-state index in [1.807, 2.05) is 0 Å². The fraction of sp³-hybridized carbons (Fsp3) is 0. The van der Waals surface area contributed by atoms with Gasteiger partial charge in [0.1, 0.15) is 18.5 Å². The molecule has 2 aromatic heterocycles. The van der Waals surface area contributed by atoms with Gasteiger partial charge in [0.15, 0.2) is 0 Å². The third-order valence-electron chi connectivity index (χ3n) is 2.77. The molecule has 0 aliphatic carbocycles. The Kier molecular flexibility index (Phi) is 3.61. The summed E-state index contributed by atoms with van der Waals surface area (Å²) in [4.78, 5) is 16.4. The van der Waals surface area contributed by atoms with Crippen molar-refractivity contribution in [3.63, 3.8) is 0 Å². The SMILES string of the molecule is O=C(Nc1cccc(Cl)c1)c1ccnc(-n2cnnc2)c1. The highest BCUT2D eigenvalue weighted by molar-refractivity contribution is 6.30. The molecule has 1 amide bonds. The Hall–Kier alpha value is -2.73. The molecule has 3 rings (SSSR count). The number of rotatable bonds is 3. The molecule has 0 bridgehead atoms. The molecule has 7 heteroatoms. The molecule has 0 aliphatic rings. The summed E-state index contributed by atoms with van der Waals surface area (Å²) in [5.74, 6) is 0.327. The highest BCUT2D eigenvalue weighted by Crippen LogP contribution is 2.16. The Morgan fingerprint density at radius 1 is 1.14 bits per heavy atom. The van der Waals surface area contributed by atoms with E-state index >= 15 is 0 Å². The average molecular weight is 300 g/mol. The van der Waals surface area contributed by atoms with E-state index in [2.05, 4.69) is 20.5 Å². The first-order valence-electron chi connectivity index (χ1n) is 6.10. The summed E-state index contributed by atoms with van der Waals surface area (Å²) in [6.07, 6.45) is 4.59. The second-order valence-electron chi connectivity index (χ2n) is 4.24. The largest absolute Gasteiger partial charge is 0.322 e. The maximum absolute atomic E-state index is 12.2. The number of anilines is 1. The van der Waals surface area contributed by atoms with Crippen molar-refractivity contribution in [2.24, 2.45) is 0 Å². The van der Waals surface area contributed by atoms with E-state index < -0.39 is 0 Å². The van der Waals surface area contributed by atoms with Crippen LogP contribution in [0, 0.1) is 0 Å². The average Bonchev–Trinajstić information content (AvgIpc) is 3.02. The Morgan fingerprint density at radius 3 is 2.71 bits per heavy atom. The van der Waals surface area contributed by atoms with Crippen LogP contribution < -0.4 is 5.32 Å². The number of carbonyl (C=O) groups excluding carboxylic acids is 1. The standard InChI is InChI=1S/C14H10ClN5O/c15-11-2-1-3-12(7-11)19-14(21)10-4-5-16-13(6-10)20-8-17-18-9-20/h1-9H,(H,19,21). The van der Waals surface area contributed by atoms with E-state index in [1.54, 1.807) is 47.2 Å². The monoisotopic (exact) mass is 299 g/mol. The smallest absolute Gasteiger partial charge is 0.255 e. The van der Waals surface area contributed by atoms with Crippen LogP contribution in [0.2, 0.25) is 5.02 Å². The van der Waals surface area contributed by atoms with Crippen molar-refractivity contribution >= 4 is 23.2 Å². The molecule has 0 saturated carbocycles. The lowest BCUT2D eigenvalue weighted by Crippen LogP contribution is -2.12. The van der Waals surface area contributed by atoms with Crippen LogP contribution in [0.25, 0.3) is 5.82 Å². The van der Waals surface area contributed by atoms with Crippen LogP contribution in [0.4, 0.5) is 5.69 Å². The summed E-state index contributed by atoms with van der Waals surface area (Å²) in [7, 11) is 0. The van der Waals surface area contributed by atoms with Crippen LogP contribution in [0.5, 0.6) is 0 Å². The molecule has 0 atom stereocenters. The van der Waals surface area contributed by atoms with Gasteiger partial charge in [-0.3, -0.25) is 9.36 Å². The first-order chi connectivity index (χ1) is 10.2. The molecule has 6 nitrogen and oxygen atoms in total.